The smallest absolute Gasteiger partial charge is 0.325 e. The van der Waals surface area contributed by atoms with Crippen LogP contribution in [-0.2, 0) is 14.3 Å². The summed E-state index contributed by atoms with van der Waals surface area (Å²) in [6.45, 7) is -0.0320. The van der Waals surface area contributed by atoms with Crippen LogP contribution in [0, 0.1) is 0 Å². The zero-order valence-electron chi connectivity index (χ0n) is 11.2. The van der Waals surface area contributed by atoms with Gasteiger partial charge in [0.1, 0.15) is 6.54 Å². The molecule has 0 saturated carbocycles. The Labute approximate surface area is 124 Å². The van der Waals surface area contributed by atoms with Crippen molar-refractivity contribution in [3.05, 3.63) is 24.3 Å². The Kier molecular flexibility index (Phi) is 4.97. The standard InChI is InChI=1S/C13H14N2O3S2/c1-15(7-12(17)18-2)11(16)8-19-13-14-9-5-3-4-6-10(9)20-13/h3-6H,7-8H2,1-2H3. The maximum Gasteiger partial charge on any atom is 0.325 e. The van der Waals surface area contributed by atoms with E-state index in [2.05, 4.69) is 9.72 Å². The third-order valence-electron chi connectivity index (χ3n) is 2.61. The van der Waals surface area contributed by atoms with Gasteiger partial charge in [-0.05, 0) is 12.1 Å². The van der Waals surface area contributed by atoms with Gasteiger partial charge in [0.2, 0.25) is 5.91 Å². The minimum Gasteiger partial charge on any atom is -0.468 e. The van der Waals surface area contributed by atoms with E-state index >= 15 is 0 Å². The third kappa shape index (κ3) is 3.71. The number of amides is 1. The summed E-state index contributed by atoms with van der Waals surface area (Å²) in [5.74, 6) is -0.293. The summed E-state index contributed by atoms with van der Waals surface area (Å²) in [6.07, 6.45) is 0. The summed E-state index contributed by atoms with van der Waals surface area (Å²) in [7, 11) is 2.88. The van der Waals surface area contributed by atoms with Crippen LogP contribution in [-0.4, -0.2) is 48.2 Å². The number of nitrogens with zero attached hydrogens (tertiary/aromatic N) is 2. The van der Waals surface area contributed by atoms with Crippen molar-refractivity contribution in [3.63, 3.8) is 0 Å². The number of methoxy groups -OCH3 is 1. The first kappa shape index (κ1) is 14.8. The molecule has 0 spiro atoms. The maximum atomic E-state index is 11.9. The van der Waals surface area contributed by atoms with Gasteiger partial charge in [0, 0.05) is 7.05 Å². The van der Waals surface area contributed by atoms with Crippen LogP contribution in [0.25, 0.3) is 10.2 Å². The molecule has 2 rings (SSSR count). The summed E-state index contributed by atoms with van der Waals surface area (Å²) in [5, 5.41) is 0. The van der Waals surface area contributed by atoms with Crippen LogP contribution in [0.15, 0.2) is 28.6 Å². The van der Waals surface area contributed by atoms with Gasteiger partial charge in [-0.1, -0.05) is 23.9 Å². The van der Waals surface area contributed by atoms with Crippen LogP contribution >= 0.6 is 23.1 Å². The molecule has 0 unspecified atom stereocenters. The van der Waals surface area contributed by atoms with Crippen molar-refractivity contribution >= 4 is 45.2 Å². The predicted octanol–water partition coefficient (Wildman–Crippen LogP) is 2.02. The van der Waals surface area contributed by atoms with E-state index in [0.717, 1.165) is 14.6 Å². The minimum atomic E-state index is -0.425. The number of aromatic nitrogens is 1. The number of fused-ring (bicyclic) bond motifs is 1. The molecule has 0 atom stereocenters. The number of carbonyl (C=O) groups is 2. The third-order valence-corrected chi connectivity index (χ3v) is 4.78. The summed E-state index contributed by atoms with van der Waals surface area (Å²) in [4.78, 5) is 28.7. The molecular weight excluding hydrogens is 296 g/mol. The second-order valence-electron chi connectivity index (χ2n) is 4.06. The normalized spacial score (nSPS) is 10.5. The Morgan fingerprint density at radius 2 is 2.15 bits per heavy atom. The first-order valence-corrected chi connectivity index (χ1v) is 7.69. The molecule has 1 amide bonds. The number of hydrogen-bond acceptors (Lipinski definition) is 6. The molecule has 7 heteroatoms. The summed E-state index contributed by atoms with van der Waals surface area (Å²) in [6, 6.07) is 7.85. The lowest BCUT2D eigenvalue weighted by Crippen LogP contribution is -2.33. The van der Waals surface area contributed by atoms with Crippen LogP contribution < -0.4 is 0 Å². The number of ether oxygens (including phenoxy) is 1. The lowest BCUT2D eigenvalue weighted by atomic mass is 10.3. The van der Waals surface area contributed by atoms with E-state index in [9.17, 15) is 9.59 Å². The Bertz CT molecular complexity index is 594. The van der Waals surface area contributed by atoms with Crippen molar-refractivity contribution in [3.8, 4) is 0 Å². The van der Waals surface area contributed by atoms with Gasteiger partial charge in [-0.3, -0.25) is 9.59 Å². The quantitative estimate of drug-likeness (QED) is 0.624. The molecule has 20 heavy (non-hydrogen) atoms. The first-order chi connectivity index (χ1) is 9.60. The molecule has 0 fully saturated rings. The molecule has 0 aliphatic rings. The van der Waals surface area contributed by atoms with Gasteiger partial charge in [0.15, 0.2) is 4.34 Å². The highest BCUT2D eigenvalue weighted by Gasteiger charge is 2.14. The average molecular weight is 310 g/mol. The van der Waals surface area contributed by atoms with Gasteiger partial charge in [-0.15, -0.1) is 11.3 Å². The van der Waals surface area contributed by atoms with E-state index in [0.29, 0.717) is 0 Å². The summed E-state index contributed by atoms with van der Waals surface area (Å²) in [5.41, 5.74) is 0.940. The second-order valence-corrected chi connectivity index (χ2v) is 6.32. The van der Waals surface area contributed by atoms with Crippen molar-refractivity contribution in [2.24, 2.45) is 0 Å². The van der Waals surface area contributed by atoms with E-state index in [1.54, 1.807) is 18.4 Å². The van der Waals surface area contributed by atoms with Gasteiger partial charge in [-0.25, -0.2) is 4.98 Å². The molecule has 106 valence electrons. The first-order valence-electron chi connectivity index (χ1n) is 5.89. The van der Waals surface area contributed by atoms with Crippen LogP contribution in [0.4, 0.5) is 0 Å². The van der Waals surface area contributed by atoms with Crippen molar-refractivity contribution < 1.29 is 14.3 Å². The van der Waals surface area contributed by atoms with Gasteiger partial charge >= 0.3 is 5.97 Å². The molecule has 0 bridgehead atoms. The van der Waals surface area contributed by atoms with Gasteiger partial charge in [0.05, 0.1) is 23.1 Å². The highest BCUT2D eigenvalue weighted by Crippen LogP contribution is 2.29. The number of para-hydroxylation sites is 1. The monoisotopic (exact) mass is 310 g/mol. The van der Waals surface area contributed by atoms with Crippen molar-refractivity contribution in [1.29, 1.82) is 0 Å². The molecule has 2 aromatic rings. The molecule has 0 aliphatic carbocycles. The summed E-state index contributed by atoms with van der Waals surface area (Å²) >= 11 is 2.94. The van der Waals surface area contributed by atoms with Crippen molar-refractivity contribution in [1.82, 2.24) is 9.88 Å². The van der Waals surface area contributed by atoms with E-state index in [1.165, 1.54) is 23.8 Å². The molecule has 1 aromatic carbocycles. The molecule has 0 N–H and O–H groups in total. The SMILES string of the molecule is COC(=O)CN(C)C(=O)CSc1nc2ccccc2s1. The highest BCUT2D eigenvalue weighted by atomic mass is 32.2. The number of rotatable bonds is 5. The highest BCUT2D eigenvalue weighted by molar-refractivity contribution is 8.01. The number of esters is 1. The molecule has 1 aromatic heterocycles. The van der Waals surface area contributed by atoms with Crippen LogP contribution in [0.5, 0.6) is 0 Å². The molecule has 0 saturated heterocycles. The Hall–Kier alpha value is -1.60. The number of thioether (sulfide) groups is 1. The number of thiazole rings is 1. The average Bonchev–Trinajstić information content (AvgIpc) is 2.87. The Morgan fingerprint density at radius 1 is 1.40 bits per heavy atom. The van der Waals surface area contributed by atoms with E-state index in [1.807, 2.05) is 24.3 Å². The van der Waals surface area contributed by atoms with E-state index in [-0.39, 0.29) is 18.2 Å². The molecular formula is C13H14N2O3S2. The number of likely N-dealkylation sites (N-methyl/N-ethyl adjacent to an activating group) is 1. The fourth-order valence-corrected chi connectivity index (χ4v) is 3.50. The Balaban J connectivity index is 1.91. The van der Waals surface area contributed by atoms with Crippen LogP contribution in [0.3, 0.4) is 0 Å². The predicted molar refractivity (Wildman–Crippen MR) is 80.0 cm³/mol. The minimum absolute atomic E-state index is 0.0320. The summed E-state index contributed by atoms with van der Waals surface area (Å²) < 4.78 is 6.48. The largest absolute Gasteiger partial charge is 0.468 e. The fraction of sp³-hybridized carbons (Fsp3) is 0.308. The zero-order chi connectivity index (χ0) is 14.5. The lowest BCUT2D eigenvalue weighted by molar-refractivity contribution is -0.145. The lowest BCUT2D eigenvalue weighted by Gasteiger charge is -2.14. The number of hydrogen-bond donors (Lipinski definition) is 0. The fourth-order valence-electron chi connectivity index (χ4n) is 1.49. The number of benzene rings is 1. The second kappa shape index (κ2) is 6.71. The van der Waals surface area contributed by atoms with E-state index < -0.39 is 5.97 Å². The molecule has 0 aliphatic heterocycles. The van der Waals surface area contributed by atoms with E-state index in [4.69, 9.17) is 0 Å². The van der Waals surface area contributed by atoms with Crippen molar-refractivity contribution in [2.45, 2.75) is 4.34 Å². The van der Waals surface area contributed by atoms with Gasteiger partial charge in [-0.2, -0.15) is 0 Å². The topological polar surface area (TPSA) is 59.5 Å². The zero-order valence-corrected chi connectivity index (χ0v) is 12.8. The van der Waals surface area contributed by atoms with Crippen LogP contribution in [0.2, 0.25) is 0 Å². The van der Waals surface area contributed by atoms with Crippen LogP contribution in [0.1, 0.15) is 0 Å². The maximum absolute atomic E-state index is 11.9. The van der Waals surface area contributed by atoms with Gasteiger partial charge < -0.3 is 9.64 Å². The molecule has 1 heterocycles. The van der Waals surface area contributed by atoms with Crippen molar-refractivity contribution in [2.75, 3.05) is 26.5 Å². The van der Waals surface area contributed by atoms with Gasteiger partial charge in [0.25, 0.3) is 0 Å². The number of carbonyl (C=O) groups excluding carboxylic acids is 2. The molecule has 0 radical (unpaired) electrons. The Morgan fingerprint density at radius 3 is 2.85 bits per heavy atom. The molecule has 5 nitrogen and oxygen atoms in total.